The standard InChI is InChI=1S/C11H10BrCl3O2/c1-2-17-11(16)7(12)3-6-4-9(14)10(15)5-8(6)13/h4-5,7H,2-3H2,1H3. The lowest BCUT2D eigenvalue weighted by atomic mass is 10.1. The second kappa shape index (κ2) is 6.83. The minimum absolute atomic E-state index is 0.324. The Morgan fingerprint density at radius 1 is 1.29 bits per heavy atom. The maximum atomic E-state index is 11.4. The Morgan fingerprint density at radius 3 is 2.47 bits per heavy atom. The smallest absolute Gasteiger partial charge is 0.320 e. The molecule has 6 heteroatoms. The van der Waals surface area contributed by atoms with E-state index in [1.54, 1.807) is 19.1 Å². The molecule has 1 aromatic carbocycles. The number of ether oxygens (including phenoxy) is 1. The first kappa shape index (κ1) is 15.1. The molecule has 0 saturated heterocycles. The van der Waals surface area contributed by atoms with Crippen molar-refractivity contribution in [2.24, 2.45) is 0 Å². The highest BCUT2D eigenvalue weighted by Crippen LogP contribution is 2.30. The highest BCUT2D eigenvalue weighted by atomic mass is 79.9. The van der Waals surface area contributed by atoms with Crippen molar-refractivity contribution in [2.75, 3.05) is 6.61 Å². The first-order valence-corrected chi connectivity index (χ1v) is 6.94. The summed E-state index contributed by atoms with van der Waals surface area (Å²) in [5, 5.41) is 1.28. The molecule has 1 unspecified atom stereocenters. The van der Waals surface area contributed by atoms with Gasteiger partial charge in [-0.2, -0.15) is 0 Å². The summed E-state index contributed by atoms with van der Waals surface area (Å²) in [4.78, 5) is 11.0. The van der Waals surface area contributed by atoms with Crippen molar-refractivity contribution in [3.63, 3.8) is 0 Å². The Balaban J connectivity index is 2.81. The fraction of sp³-hybridized carbons (Fsp3) is 0.364. The largest absolute Gasteiger partial charge is 0.465 e. The molecule has 0 bridgehead atoms. The highest BCUT2D eigenvalue weighted by molar-refractivity contribution is 9.10. The van der Waals surface area contributed by atoms with E-state index in [1.165, 1.54) is 0 Å². The van der Waals surface area contributed by atoms with E-state index in [-0.39, 0.29) is 5.97 Å². The Kier molecular flexibility index (Phi) is 6.07. The summed E-state index contributed by atoms with van der Waals surface area (Å²) in [6, 6.07) is 3.21. The molecule has 0 aromatic heterocycles. The number of hydrogen-bond donors (Lipinski definition) is 0. The molecule has 0 saturated carbocycles. The molecule has 0 fully saturated rings. The molecule has 0 aliphatic carbocycles. The van der Waals surface area contributed by atoms with Gasteiger partial charge >= 0.3 is 5.97 Å². The molecule has 0 N–H and O–H groups in total. The minimum atomic E-state index is -0.447. The first-order chi connectivity index (χ1) is 7.95. The molecule has 0 heterocycles. The van der Waals surface area contributed by atoms with E-state index in [0.717, 1.165) is 5.56 Å². The first-order valence-electron chi connectivity index (χ1n) is 4.89. The number of hydrogen-bond acceptors (Lipinski definition) is 2. The molecule has 94 valence electrons. The summed E-state index contributed by atoms with van der Waals surface area (Å²) in [7, 11) is 0. The van der Waals surface area contributed by atoms with Crippen LogP contribution in [0.25, 0.3) is 0 Å². The van der Waals surface area contributed by atoms with E-state index >= 15 is 0 Å². The van der Waals surface area contributed by atoms with Crippen LogP contribution >= 0.6 is 50.7 Å². The summed E-state index contributed by atoms with van der Waals surface area (Å²) >= 11 is 21.0. The molecule has 0 spiro atoms. The number of halogens is 4. The van der Waals surface area contributed by atoms with Crippen LogP contribution in [0.15, 0.2) is 12.1 Å². The molecule has 1 aromatic rings. The Labute approximate surface area is 123 Å². The van der Waals surface area contributed by atoms with E-state index in [1.807, 2.05) is 0 Å². The van der Waals surface area contributed by atoms with Gasteiger partial charge in [0.1, 0.15) is 4.83 Å². The fourth-order valence-corrected chi connectivity index (χ4v) is 2.36. The monoisotopic (exact) mass is 358 g/mol. The molecule has 2 nitrogen and oxygen atoms in total. The van der Waals surface area contributed by atoms with Crippen molar-refractivity contribution in [3.05, 3.63) is 32.8 Å². The lowest BCUT2D eigenvalue weighted by Crippen LogP contribution is -2.19. The van der Waals surface area contributed by atoms with Gasteiger partial charge in [-0.05, 0) is 31.0 Å². The molecule has 0 aliphatic rings. The average Bonchev–Trinajstić information content (AvgIpc) is 2.26. The molecule has 17 heavy (non-hydrogen) atoms. The van der Waals surface area contributed by atoms with Gasteiger partial charge in [0.15, 0.2) is 0 Å². The third kappa shape index (κ3) is 4.32. The van der Waals surface area contributed by atoms with E-state index in [4.69, 9.17) is 39.5 Å². The minimum Gasteiger partial charge on any atom is -0.465 e. The molecule has 0 amide bonds. The normalized spacial score (nSPS) is 12.3. The van der Waals surface area contributed by atoms with Gasteiger partial charge in [0.25, 0.3) is 0 Å². The molecular formula is C11H10BrCl3O2. The summed E-state index contributed by atoms with van der Waals surface area (Å²) in [6.45, 7) is 2.10. The number of esters is 1. The Morgan fingerprint density at radius 2 is 1.88 bits per heavy atom. The molecule has 0 radical (unpaired) electrons. The number of carbonyl (C=O) groups is 1. The van der Waals surface area contributed by atoms with Gasteiger partial charge in [0, 0.05) is 5.02 Å². The fourth-order valence-electron chi connectivity index (χ4n) is 1.23. The quantitative estimate of drug-likeness (QED) is 0.448. The van der Waals surface area contributed by atoms with Gasteiger partial charge in [-0.1, -0.05) is 50.7 Å². The molecule has 1 rings (SSSR count). The van der Waals surface area contributed by atoms with Crippen molar-refractivity contribution in [2.45, 2.75) is 18.2 Å². The van der Waals surface area contributed by atoms with E-state index < -0.39 is 4.83 Å². The molecule has 0 aliphatic heterocycles. The Bertz CT molecular complexity index is 423. The van der Waals surface area contributed by atoms with E-state index in [0.29, 0.717) is 28.1 Å². The SMILES string of the molecule is CCOC(=O)C(Br)Cc1cc(Cl)c(Cl)cc1Cl. The van der Waals surface area contributed by atoms with Crippen LogP contribution in [0.2, 0.25) is 15.1 Å². The van der Waals surface area contributed by atoms with Crippen LogP contribution in [0, 0.1) is 0 Å². The van der Waals surface area contributed by atoms with E-state index in [2.05, 4.69) is 15.9 Å². The van der Waals surface area contributed by atoms with Crippen molar-refractivity contribution in [1.82, 2.24) is 0 Å². The summed E-state index contributed by atoms with van der Waals surface area (Å²) < 4.78 is 4.88. The van der Waals surface area contributed by atoms with Crippen molar-refractivity contribution >= 4 is 56.7 Å². The second-order valence-electron chi connectivity index (χ2n) is 3.28. The topological polar surface area (TPSA) is 26.3 Å². The Hall–Kier alpha value is 0.0400. The number of rotatable bonds is 4. The van der Waals surface area contributed by atoms with Crippen LogP contribution in [0.5, 0.6) is 0 Å². The number of alkyl halides is 1. The summed E-state index contributed by atoms with van der Waals surface area (Å²) in [6.07, 6.45) is 0.397. The third-order valence-electron chi connectivity index (χ3n) is 2.03. The van der Waals surface area contributed by atoms with Crippen LogP contribution < -0.4 is 0 Å². The molecular weight excluding hydrogens is 350 g/mol. The number of carbonyl (C=O) groups excluding carboxylic acids is 1. The predicted molar refractivity (Wildman–Crippen MR) is 74.5 cm³/mol. The zero-order chi connectivity index (χ0) is 13.0. The van der Waals surface area contributed by atoms with Gasteiger partial charge in [-0.3, -0.25) is 4.79 Å². The van der Waals surface area contributed by atoms with E-state index in [9.17, 15) is 4.79 Å². The van der Waals surface area contributed by atoms with Crippen molar-refractivity contribution in [3.8, 4) is 0 Å². The lowest BCUT2D eigenvalue weighted by Gasteiger charge is -2.11. The zero-order valence-electron chi connectivity index (χ0n) is 8.97. The van der Waals surface area contributed by atoms with Crippen LogP contribution in [0.1, 0.15) is 12.5 Å². The maximum absolute atomic E-state index is 11.4. The average molecular weight is 360 g/mol. The maximum Gasteiger partial charge on any atom is 0.320 e. The van der Waals surface area contributed by atoms with Gasteiger partial charge in [0.05, 0.1) is 16.7 Å². The zero-order valence-corrected chi connectivity index (χ0v) is 12.8. The number of benzene rings is 1. The lowest BCUT2D eigenvalue weighted by molar-refractivity contribution is -0.142. The van der Waals surface area contributed by atoms with Crippen LogP contribution in [0.3, 0.4) is 0 Å². The van der Waals surface area contributed by atoms with Crippen LogP contribution in [0.4, 0.5) is 0 Å². The highest BCUT2D eigenvalue weighted by Gasteiger charge is 2.18. The van der Waals surface area contributed by atoms with Gasteiger partial charge < -0.3 is 4.74 Å². The summed E-state index contributed by atoms with van der Waals surface area (Å²) in [5.41, 5.74) is 0.746. The van der Waals surface area contributed by atoms with Gasteiger partial charge in [-0.25, -0.2) is 0 Å². The van der Waals surface area contributed by atoms with Gasteiger partial charge in [-0.15, -0.1) is 0 Å². The van der Waals surface area contributed by atoms with Crippen LogP contribution in [-0.4, -0.2) is 17.4 Å². The van der Waals surface area contributed by atoms with Crippen molar-refractivity contribution in [1.29, 1.82) is 0 Å². The van der Waals surface area contributed by atoms with Crippen LogP contribution in [-0.2, 0) is 16.0 Å². The second-order valence-corrected chi connectivity index (χ2v) is 5.61. The van der Waals surface area contributed by atoms with Crippen molar-refractivity contribution < 1.29 is 9.53 Å². The molecule has 1 atom stereocenters. The van der Waals surface area contributed by atoms with Gasteiger partial charge in [0.2, 0.25) is 0 Å². The third-order valence-corrected chi connectivity index (χ3v) is 3.80. The predicted octanol–water partition coefficient (Wildman–Crippen LogP) is 4.52. The summed E-state index contributed by atoms with van der Waals surface area (Å²) in [5.74, 6) is -0.324.